The second-order valence-electron chi connectivity index (χ2n) is 3.76. The van der Waals surface area contributed by atoms with Crippen molar-refractivity contribution in [3.05, 3.63) is 15.3 Å². The van der Waals surface area contributed by atoms with Crippen molar-refractivity contribution in [3.8, 4) is 5.75 Å². The number of rotatable bonds is 3. The molecule has 0 fully saturated rings. The highest BCUT2D eigenvalue weighted by molar-refractivity contribution is 7.12. The van der Waals surface area contributed by atoms with Crippen LogP contribution in [0.25, 0.3) is 0 Å². The first kappa shape index (κ1) is 11.4. The Morgan fingerprint density at radius 1 is 1.50 bits per heavy atom. The lowest BCUT2D eigenvalue weighted by atomic mass is 10.1. The van der Waals surface area contributed by atoms with E-state index in [1.165, 1.54) is 10.4 Å². The third-order valence-corrected chi connectivity index (χ3v) is 4.14. The van der Waals surface area contributed by atoms with Gasteiger partial charge in [-0.3, -0.25) is 4.79 Å². The molecule has 1 aromatic rings. The minimum absolute atomic E-state index is 0.0260. The largest absolute Gasteiger partial charge is 0.495 e. The number of aliphatic hydroxyl groups excluding tert-OH is 1. The molecule has 88 valence electrons. The number of carbonyl (C=O) groups excluding carboxylic acids is 1. The van der Waals surface area contributed by atoms with Gasteiger partial charge in [0.25, 0.3) is 0 Å². The molecule has 1 aromatic heterocycles. The van der Waals surface area contributed by atoms with Crippen molar-refractivity contribution in [2.45, 2.75) is 19.4 Å². The number of fused-ring (bicyclic) bond motifs is 1. The number of nitrogens with zero attached hydrogens (tertiary/aromatic N) is 1. The van der Waals surface area contributed by atoms with Crippen LogP contribution in [0.4, 0.5) is 0 Å². The minimum Gasteiger partial charge on any atom is -0.495 e. The van der Waals surface area contributed by atoms with Crippen molar-refractivity contribution in [1.82, 2.24) is 4.90 Å². The number of thiophene rings is 1. The zero-order chi connectivity index (χ0) is 11.5. The molecular weight excluding hydrogens is 226 g/mol. The van der Waals surface area contributed by atoms with E-state index in [1.807, 2.05) is 0 Å². The van der Waals surface area contributed by atoms with Crippen LogP contribution in [0, 0.1) is 0 Å². The molecule has 0 saturated carbocycles. The van der Waals surface area contributed by atoms with Gasteiger partial charge in [0, 0.05) is 23.5 Å². The number of aliphatic hydroxyl groups is 1. The van der Waals surface area contributed by atoms with Crippen LogP contribution in [0.5, 0.6) is 5.75 Å². The summed E-state index contributed by atoms with van der Waals surface area (Å²) in [5, 5.41) is 9.23. The van der Waals surface area contributed by atoms with Gasteiger partial charge in [0.05, 0.1) is 18.6 Å². The average Bonchev–Trinajstić information content (AvgIpc) is 2.54. The van der Waals surface area contributed by atoms with E-state index in [4.69, 9.17) is 4.74 Å². The van der Waals surface area contributed by atoms with Crippen LogP contribution < -0.4 is 4.74 Å². The predicted octanol–water partition coefficient (Wildman–Crippen LogP) is 0.806. The maximum atomic E-state index is 10.7. The fourth-order valence-corrected chi connectivity index (χ4v) is 3.24. The van der Waals surface area contributed by atoms with Gasteiger partial charge in [0.1, 0.15) is 5.75 Å². The van der Waals surface area contributed by atoms with Crippen molar-refractivity contribution in [2.75, 3.05) is 20.2 Å². The molecule has 1 aliphatic rings. The fourth-order valence-electron chi connectivity index (χ4n) is 2.07. The summed E-state index contributed by atoms with van der Waals surface area (Å²) in [4.78, 5) is 14.6. The van der Waals surface area contributed by atoms with E-state index in [1.54, 1.807) is 23.3 Å². The lowest BCUT2D eigenvalue weighted by molar-refractivity contribution is -0.118. The highest BCUT2D eigenvalue weighted by atomic mass is 32.1. The summed E-state index contributed by atoms with van der Waals surface area (Å²) in [7, 11) is 1.63. The van der Waals surface area contributed by atoms with E-state index in [-0.39, 0.29) is 6.61 Å². The summed E-state index contributed by atoms with van der Waals surface area (Å²) in [6.07, 6.45) is 2.57. The third-order valence-electron chi connectivity index (χ3n) is 2.88. The van der Waals surface area contributed by atoms with Gasteiger partial charge in [-0.25, -0.2) is 0 Å². The van der Waals surface area contributed by atoms with E-state index in [0.29, 0.717) is 0 Å². The van der Waals surface area contributed by atoms with Crippen LogP contribution in [0.15, 0.2) is 0 Å². The summed E-state index contributed by atoms with van der Waals surface area (Å²) in [6, 6.07) is 0. The van der Waals surface area contributed by atoms with Crippen molar-refractivity contribution >= 4 is 17.7 Å². The molecule has 2 rings (SSSR count). The van der Waals surface area contributed by atoms with Crippen molar-refractivity contribution in [2.24, 2.45) is 0 Å². The number of ether oxygens (including phenoxy) is 1. The lowest BCUT2D eigenvalue weighted by Gasteiger charge is -2.13. The monoisotopic (exact) mass is 241 g/mol. The molecular formula is C11H15NO3S. The van der Waals surface area contributed by atoms with Crippen LogP contribution in [0.2, 0.25) is 0 Å². The summed E-state index contributed by atoms with van der Waals surface area (Å²) in [5.41, 5.74) is 1.17. The van der Waals surface area contributed by atoms with Crippen molar-refractivity contribution in [1.29, 1.82) is 0 Å². The Labute approximate surface area is 98.4 Å². The third kappa shape index (κ3) is 1.92. The van der Waals surface area contributed by atoms with E-state index >= 15 is 0 Å². The molecule has 1 amide bonds. The first-order valence-electron chi connectivity index (χ1n) is 5.27. The van der Waals surface area contributed by atoms with E-state index in [2.05, 4.69) is 0 Å². The van der Waals surface area contributed by atoms with Gasteiger partial charge in [-0.05, 0) is 12.8 Å². The molecule has 0 aliphatic carbocycles. The number of carbonyl (C=O) groups is 1. The molecule has 2 heterocycles. The average molecular weight is 241 g/mol. The summed E-state index contributed by atoms with van der Waals surface area (Å²) in [6.45, 7) is 1.51. The molecule has 4 nitrogen and oxygen atoms in total. The Hall–Kier alpha value is -1.07. The topological polar surface area (TPSA) is 49.8 Å². The summed E-state index contributed by atoms with van der Waals surface area (Å²) < 4.78 is 5.34. The molecule has 16 heavy (non-hydrogen) atoms. The lowest BCUT2D eigenvalue weighted by Crippen LogP contribution is -2.24. The molecule has 0 unspecified atom stereocenters. The number of hydrogen-bond donors (Lipinski definition) is 1. The molecule has 1 aliphatic heterocycles. The van der Waals surface area contributed by atoms with Gasteiger partial charge in [0.2, 0.25) is 6.41 Å². The standard InChI is InChI=1S/C11H15NO3S/c1-15-11-8-2-4-12(7-14)5-3-9(8)16-10(11)6-13/h7,13H,2-6H2,1H3. The molecule has 0 atom stereocenters. The molecule has 0 bridgehead atoms. The second kappa shape index (κ2) is 4.84. The Balaban J connectivity index is 2.30. The van der Waals surface area contributed by atoms with E-state index in [0.717, 1.165) is 43.0 Å². The zero-order valence-electron chi connectivity index (χ0n) is 9.23. The van der Waals surface area contributed by atoms with Crippen LogP contribution in [-0.4, -0.2) is 36.6 Å². The molecule has 0 spiro atoms. The van der Waals surface area contributed by atoms with Gasteiger partial charge in [-0.1, -0.05) is 0 Å². The van der Waals surface area contributed by atoms with Gasteiger partial charge >= 0.3 is 0 Å². The zero-order valence-corrected chi connectivity index (χ0v) is 10.0. The Bertz CT molecular complexity index is 389. The highest BCUT2D eigenvalue weighted by Gasteiger charge is 2.21. The second-order valence-corrected chi connectivity index (χ2v) is 4.95. The molecule has 0 saturated heterocycles. The smallest absolute Gasteiger partial charge is 0.209 e. The first-order valence-corrected chi connectivity index (χ1v) is 6.09. The Morgan fingerprint density at radius 3 is 2.88 bits per heavy atom. The number of methoxy groups -OCH3 is 1. The molecule has 5 heteroatoms. The highest BCUT2D eigenvalue weighted by Crippen LogP contribution is 2.37. The van der Waals surface area contributed by atoms with E-state index < -0.39 is 0 Å². The maximum Gasteiger partial charge on any atom is 0.209 e. The van der Waals surface area contributed by atoms with Crippen molar-refractivity contribution < 1.29 is 14.6 Å². The number of hydrogen-bond acceptors (Lipinski definition) is 4. The maximum absolute atomic E-state index is 10.7. The van der Waals surface area contributed by atoms with Crippen LogP contribution in [-0.2, 0) is 24.2 Å². The Kier molecular flexibility index (Phi) is 3.46. The first-order chi connectivity index (χ1) is 7.80. The van der Waals surface area contributed by atoms with Gasteiger partial charge in [-0.15, -0.1) is 11.3 Å². The molecule has 0 radical (unpaired) electrons. The summed E-state index contributed by atoms with van der Waals surface area (Å²) in [5.74, 6) is 0.815. The predicted molar refractivity (Wildman–Crippen MR) is 61.8 cm³/mol. The Morgan fingerprint density at radius 2 is 2.25 bits per heavy atom. The van der Waals surface area contributed by atoms with Crippen LogP contribution in [0.3, 0.4) is 0 Å². The normalized spacial score (nSPS) is 15.5. The minimum atomic E-state index is 0.0260. The van der Waals surface area contributed by atoms with Gasteiger partial charge in [0.15, 0.2) is 0 Å². The number of amides is 1. The quantitative estimate of drug-likeness (QED) is 0.797. The van der Waals surface area contributed by atoms with Gasteiger partial charge < -0.3 is 14.7 Å². The van der Waals surface area contributed by atoms with Gasteiger partial charge in [-0.2, -0.15) is 0 Å². The van der Waals surface area contributed by atoms with Crippen LogP contribution >= 0.6 is 11.3 Å². The molecule has 1 N–H and O–H groups in total. The SMILES string of the molecule is COc1c(CO)sc2c1CCN(C=O)CC2. The van der Waals surface area contributed by atoms with E-state index in [9.17, 15) is 9.90 Å². The summed E-state index contributed by atoms with van der Waals surface area (Å²) >= 11 is 1.59. The van der Waals surface area contributed by atoms with Crippen molar-refractivity contribution in [3.63, 3.8) is 0 Å². The fraction of sp³-hybridized carbons (Fsp3) is 0.545. The van der Waals surface area contributed by atoms with Crippen LogP contribution in [0.1, 0.15) is 15.3 Å². The molecule has 0 aromatic carbocycles.